The minimum absolute atomic E-state index is 0.265. The number of aromatic nitrogens is 3. The molecule has 3 fully saturated rings. The Kier molecular flexibility index (Phi) is 9.38. The lowest BCUT2D eigenvalue weighted by Gasteiger charge is -2.44. The summed E-state index contributed by atoms with van der Waals surface area (Å²) in [6.45, 7) is 8.90. The number of piperidine rings is 2. The van der Waals surface area contributed by atoms with Crippen LogP contribution >= 0.6 is 0 Å². The Morgan fingerprint density at radius 2 is 1.69 bits per heavy atom. The molecule has 0 spiro atoms. The number of hydrogen-bond donors (Lipinski definition) is 3. The number of imide groups is 1. The highest BCUT2D eigenvalue weighted by Gasteiger charge is 2.31. The number of rotatable bonds is 7. The van der Waals surface area contributed by atoms with E-state index in [1.165, 1.54) is 11.8 Å². The number of nitrogens with one attached hydrogen (secondary N) is 3. The lowest BCUT2D eigenvalue weighted by Crippen LogP contribution is -2.53. The van der Waals surface area contributed by atoms with Gasteiger partial charge < -0.3 is 25.2 Å². The Labute approximate surface area is 319 Å². The summed E-state index contributed by atoms with van der Waals surface area (Å²) in [5.41, 5.74) is 8.31. The van der Waals surface area contributed by atoms with Crippen LogP contribution in [0.15, 0.2) is 73.1 Å². The van der Waals surface area contributed by atoms with Crippen LogP contribution in [0, 0.1) is 12.7 Å². The van der Waals surface area contributed by atoms with E-state index in [0.29, 0.717) is 42.1 Å². The molecule has 5 aromatic rings. The first-order valence-electron chi connectivity index (χ1n) is 19.2. The van der Waals surface area contributed by atoms with Crippen LogP contribution in [-0.2, 0) is 9.59 Å². The van der Waals surface area contributed by atoms with Gasteiger partial charge in [-0.25, -0.2) is 19.3 Å². The fraction of sp³-hybridized carbons (Fsp3) is 0.357. The number of carbonyl (C=O) groups excluding carboxylic acids is 2. The molecule has 0 radical (unpaired) electrons. The number of nitrogens with zero attached hydrogens (tertiary/aromatic N) is 6. The number of ether oxygens (including phenoxy) is 1. The topological polar surface area (TPSA) is 128 Å². The first-order chi connectivity index (χ1) is 26.9. The highest BCUT2D eigenvalue weighted by atomic mass is 19.1. The van der Waals surface area contributed by atoms with Crippen molar-refractivity contribution in [3.05, 3.63) is 90.0 Å². The van der Waals surface area contributed by atoms with Gasteiger partial charge in [-0.2, -0.15) is 0 Å². The van der Waals surface area contributed by atoms with Crippen molar-refractivity contribution >= 4 is 51.4 Å². The number of fused-ring (bicyclic) bond motifs is 2. The zero-order valence-electron chi connectivity index (χ0n) is 30.9. The quantitative estimate of drug-likeness (QED) is 0.170. The molecule has 13 heteroatoms. The zero-order valence-corrected chi connectivity index (χ0v) is 30.9. The van der Waals surface area contributed by atoms with Gasteiger partial charge in [-0.1, -0.05) is 18.2 Å². The largest absolute Gasteiger partial charge is 0.474 e. The van der Waals surface area contributed by atoms with E-state index < -0.39 is 5.92 Å². The Morgan fingerprint density at radius 1 is 0.873 bits per heavy atom. The van der Waals surface area contributed by atoms with E-state index in [2.05, 4.69) is 83.9 Å². The number of hydrogen-bond acceptors (Lipinski definition) is 11. The summed E-state index contributed by atoms with van der Waals surface area (Å²) < 4.78 is 21.0. The third kappa shape index (κ3) is 7.11. The Hall–Kier alpha value is -5.82. The fourth-order valence-corrected chi connectivity index (χ4v) is 8.47. The summed E-state index contributed by atoms with van der Waals surface area (Å²) in [5.74, 6) is -0.206. The van der Waals surface area contributed by atoms with E-state index in [1.807, 2.05) is 24.5 Å². The van der Waals surface area contributed by atoms with Crippen LogP contribution in [0.2, 0.25) is 0 Å². The molecule has 9 rings (SSSR count). The van der Waals surface area contributed by atoms with Crippen molar-refractivity contribution < 1.29 is 18.7 Å². The number of piperazine rings is 1. The van der Waals surface area contributed by atoms with Crippen LogP contribution in [0.5, 0.6) is 5.88 Å². The van der Waals surface area contributed by atoms with Gasteiger partial charge in [0, 0.05) is 93.0 Å². The Morgan fingerprint density at radius 3 is 2.47 bits per heavy atom. The van der Waals surface area contributed by atoms with Gasteiger partial charge in [0.1, 0.15) is 18.1 Å². The van der Waals surface area contributed by atoms with Gasteiger partial charge in [-0.15, -0.1) is 0 Å². The number of pyridine rings is 1. The molecule has 3 N–H and O–H groups in total. The monoisotopic (exact) mass is 741 g/mol. The van der Waals surface area contributed by atoms with Crippen LogP contribution in [0.4, 0.5) is 33.1 Å². The second-order valence-electron chi connectivity index (χ2n) is 14.8. The molecule has 4 aliphatic rings. The summed E-state index contributed by atoms with van der Waals surface area (Å²) in [4.78, 5) is 44.9. The minimum Gasteiger partial charge on any atom is -0.474 e. The molecule has 12 nitrogen and oxygen atoms in total. The molecule has 6 heterocycles. The molecule has 282 valence electrons. The molecule has 1 atom stereocenters. The molecule has 2 aromatic heterocycles. The van der Waals surface area contributed by atoms with Gasteiger partial charge >= 0.3 is 0 Å². The van der Waals surface area contributed by atoms with Crippen molar-refractivity contribution in [2.45, 2.75) is 44.6 Å². The first kappa shape index (κ1) is 34.9. The van der Waals surface area contributed by atoms with Gasteiger partial charge in [0.25, 0.3) is 0 Å². The SMILES string of the molecule is Cc1c(-c2ccc3cnc(Nc4ccc(N5CCN(C6CCN(c7ccc(C8CCC(=O)NC8=O)cc7F)CC6)CC5)cc4)nc3c2)cnc2c1NCCO2. The van der Waals surface area contributed by atoms with Crippen LogP contribution in [0.25, 0.3) is 22.0 Å². The minimum atomic E-state index is -0.483. The van der Waals surface area contributed by atoms with Gasteiger partial charge in [-0.05, 0) is 85.3 Å². The second-order valence-corrected chi connectivity index (χ2v) is 14.8. The molecule has 0 aliphatic carbocycles. The summed E-state index contributed by atoms with van der Waals surface area (Å²) in [7, 11) is 0. The van der Waals surface area contributed by atoms with Crippen LogP contribution < -0.4 is 30.5 Å². The Bertz CT molecular complexity index is 2250. The van der Waals surface area contributed by atoms with Crippen LogP contribution in [0.3, 0.4) is 0 Å². The van der Waals surface area contributed by atoms with Crippen molar-refractivity contribution in [1.82, 2.24) is 25.2 Å². The molecule has 2 amide bonds. The van der Waals surface area contributed by atoms with E-state index in [4.69, 9.17) is 9.72 Å². The summed E-state index contributed by atoms with van der Waals surface area (Å²) in [6.07, 6.45) is 6.36. The molecule has 0 saturated carbocycles. The van der Waals surface area contributed by atoms with Crippen molar-refractivity contribution in [2.75, 3.05) is 72.9 Å². The lowest BCUT2D eigenvalue weighted by molar-refractivity contribution is -0.134. The molecule has 0 bridgehead atoms. The molecular weight excluding hydrogens is 698 g/mol. The number of benzene rings is 3. The zero-order chi connectivity index (χ0) is 37.5. The number of anilines is 5. The number of halogens is 1. The van der Waals surface area contributed by atoms with E-state index in [-0.39, 0.29) is 24.1 Å². The van der Waals surface area contributed by atoms with Crippen molar-refractivity contribution in [3.63, 3.8) is 0 Å². The molecule has 1 unspecified atom stereocenters. The standard InChI is InChI=1S/C42H44FN9O3/c1-26-34(25-45-41-39(26)44-14-21-55-41)28-2-3-29-24-46-42(48-36(29)23-28)47-30-5-7-31(8-6-30)50-17-19-51(20-18-50)32-12-15-52(16-13-32)37-10-4-27(22-35(37)43)33-9-11-38(53)49-40(33)54/h2-8,10,22-25,32-33,44H,9,11-21H2,1H3,(H,46,47,48)(H,49,53,54). The van der Waals surface area contributed by atoms with Crippen LogP contribution in [-0.4, -0.2) is 90.1 Å². The third-order valence-electron chi connectivity index (χ3n) is 11.6. The van der Waals surface area contributed by atoms with E-state index in [1.54, 1.807) is 6.07 Å². The molecule has 3 aromatic carbocycles. The summed E-state index contributed by atoms with van der Waals surface area (Å²) in [6, 6.07) is 20.2. The third-order valence-corrected chi connectivity index (χ3v) is 11.6. The van der Waals surface area contributed by atoms with Crippen molar-refractivity contribution in [1.29, 1.82) is 0 Å². The molecule has 3 saturated heterocycles. The predicted molar refractivity (Wildman–Crippen MR) is 212 cm³/mol. The highest BCUT2D eigenvalue weighted by molar-refractivity contribution is 6.01. The normalized spacial score (nSPS) is 19.4. The maximum Gasteiger partial charge on any atom is 0.237 e. The maximum atomic E-state index is 15.3. The summed E-state index contributed by atoms with van der Waals surface area (Å²) >= 11 is 0. The predicted octanol–water partition coefficient (Wildman–Crippen LogP) is 6.00. The van der Waals surface area contributed by atoms with Gasteiger partial charge in [0.2, 0.25) is 23.6 Å². The summed E-state index contributed by atoms with van der Waals surface area (Å²) in [5, 5.41) is 10.1. The highest BCUT2D eigenvalue weighted by Crippen LogP contribution is 2.36. The van der Waals surface area contributed by atoms with Gasteiger partial charge in [0.05, 0.1) is 17.1 Å². The lowest BCUT2D eigenvalue weighted by atomic mass is 9.90. The second kappa shape index (κ2) is 14.8. The molecule has 55 heavy (non-hydrogen) atoms. The fourth-order valence-electron chi connectivity index (χ4n) is 8.47. The van der Waals surface area contributed by atoms with E-state index >= 15 is 4.39 Å². The smallest absolute Gasteiger partial charge is 0.237 e. The van der Waals surface area contributed by atoms with Gasteiger partial charge in [0.15, 0.2) is 0 Å². The number of carbonyl (C=O) groups is 2. The van der Waals surface area contributed by atoms with Gasteiger partial charge in [-0.3, -0.25) is 19.8 Å². The van der Waals surface area contributed by atoms with E-state index in [9.17, 15) is 9.59 Å². The van der Waals surface area contributed by atoms with Crippen molar-refractivity contribution in [2.24, 2.45) is 0 Å². The molecular formula is C42H44FN9O3. The van der Waals surface area contributed by atoms with Crippen LogP contribution in [0.1, 0.15) is 42.7 Å². The average Bonchev–Trinajstić information content (AvgIpc) is 3.21. The maximum absolute atomic E-state index is 15.3. The molecule has 4 aliphatic heterocycles. The Balaban J connectivity index is 0.778. The van der Waals surface area contributed by atoms with Crippen molar-refractivity contribution in [3.8, 4) is 17.0 Å². The first-order valence-corrected chi connectivity index (χ1v) is 19.2. The average molecular weight is 742 g/mol. The number of amides is 2. The van der Waals surface area contributed by atoms with E-state index in [0.717, 1.165) is 97.6 Å².